The number of carboxylic acid groups (broad SMARTS) is 2. The van der Waals surface area contributed by atoms with E-state index >= 15 is 0 Å². The zero-order valence-electron chi connectivity index (χ0n) is 18.2. The Kier molecular flexibility index (Phi) is 10.6. The number of aliphatic hydroxyl groups is 1. The number of morpholine rings is 1. The van der Waals surface area contributed by atoms with Crippen LogP contribution in [0.2, 0.25) is 0 Å². The van der Waals surface area contributed by atoms with Crippen LogP contribution in [0.4, 0.5) is 0 Å². The number of rotatable bonds is 4. The molecule has 1 aromatic heterocycles. The highest BCUT2D eigenvalue weighted by atomic mass is 16.5. The summed E-state index contributed by atoms with van der Waals surface area (Å²) in [4.78, 5) is 33.0. The second-order valence-electron chi connectivity index (χ2n) is 7.94. The van der Waals surface area contributed by atoms with E-state index in [-0.39, 0.29) is 30.9 Å². The standard InChI is InChI=1S/C19H28N2O5.2CH2O2/c1-24-19(23)18-3-2-15(26-18)12-20-10-13-8-16(17(22)9-14(13)11-20)21-4-6-25-7-5-21;2*2-1-3/h2-3,13-14,16-17,22H,4-12H2,1H3;2*1H,(H,2,3)/t13-,14+,16-,17-;;/m1../s1. The minimum Gasteiger partial charge on any atom is -0.483 e. The number of aliphatic hydroxyl groups excluding tert-OH is 1. The quantitative estimate of drug-likeness (QED) is 0.426. The maximum Gasteiger partial charge on any atom is 0.373 e. The fraction of sp³-hybridized carbons (Fsp3) is 0.667. The highest BCUT2D eigenvalue weighted by Crippen LogP contribution is 2.39. The number of fused-ring (bicyclic) bond motifs is 1. The normalized spacial score (nSPS) is 27.7. The van der Waals surface area contributed by atoms with Gasteiger partial charge in [-0.1, -0.05) is 0 Å². The number of hydrogen-bond acceptors (Lipinski definition) is 9. The average Bonchev–Trinajstić information content (AvgIpc) is 3.41. The van der Waals surface area contributed by atoms with E-state index in [1.165, 1.54) is 7.11 Å². The van der Waals surface area contributed by atoms with Gasteiger partial charge in [0.05, 0.1) is 33.0 Å². The highest BCUT2D eigenvalue weighted by Gasteiger charge is 2.43. The van der Waals surface area contributed by atoms with E-state index in [1.54, 1.807) is 6.07 Å². The third kappa shape index (κ3) is 7.02. The van der Waals surface area contributed by atoms with Crippen molar-refractivity contribution in [2.75, 3.05) is 46.5 Å². The van der Waals surface area contributed by atoms with Gasteiger partial charge in [0.25, 0.3) is 12.9 Å². The van der Waals surface area contributed by atoms with Gasteiger partial charge in [-0.3, -0.25) is 19.4 Å². The largest absolute Gasteiger partial charge is 0.483 e. The molecule has 3 aliphatic rings. The van der Waals surface area contributed by atoms with Crippen molar-refractivity contribution in [1.29, 1.82) is 0 Å². The Morgan fingerprint density at radius 2 is 1.72 bits per heavy atom. The molecular weight excluding hydrogens is 424 g/mol. The van der Waals surface area contributed by atoms with Crippen molar-refractivity contribution in [1.82, 2.24) is 9.80 Å². The summed E-state index contributed by atoms with van der Waals surface area (Å²) in [5, 5.41) is 24.4. The molecule has 0 bridgehead atoms. The number of carbonyl (C=O) groups excluding carboxylic acids is 1. The maximum absolute atomic E-state index is 11.5. The van der Waals surface area contributed by atoms with Crippen LogP contribution in [-0.2, 0) is 25.6 Å². The van der Waals surface area contributed by atoms with Crippen molar-refractivity contribution >= 4 is 18.9 Å². The number of furan rings is 1. The lowest BCUT2D eigenvalue weighted by Gasteiger charge is -2.43. The summed E-state index contributed by atoms with van der Waals surface area (Å²) in [6, 6.07) is 3.77. The monoisotopic (exact) mass is 456 g/mol. The van der Waals surface area contributed by atoms with Crippen molar-refractivity contribution in [3.8, 4) is 0 Å². The number of methoxy groups -OCH3 is 1. The van der Waals surface area contributed by atoms with E-state index in [1.807, 2.05) is 6.07 Å². The van der Waals surface area contributed by atoms with Gasteiger partial charge in [-0.05, 0) is 36.8 Å². The van der Waals surface area contributed by atoms with Crippen LogP contribution in [0.15, 0.2) is 16.5 Å². The van der Waals surface area contributed by atoms with E-state index in [0.29, 0.717) is 18.4 Å². The smallest absolute Gasteiger partial charge is 0.373 e. The molecule has 1 aliphatic carbocycles. The predicted molar refractivity (Wildman–Crippen MR) is 111 cm³/mol. The van der Waals surface area contributed by atoms with Crippen molar-refractivity contribution < 1.29 is 43.6 Å². The number of nitrogens with zero attached hydrogens (tertiary/aromatic N) is 2. The summed E-state index contributed by atoms with van der Waals surface area (Å²) in [6.45, 7) is 5.58. The van der Waals surface area contributed by atoms with Crippen molar-refractivity contribution in [2.45, 2.75) is 31.5 Å². The number of carbonyl (C=O) groups is 3. The van der Waals surface area contributed by atoms with E-state index in [2.05, 4.69) is 9.80 Å². The molecule has 0 aromatic carbocycles. The molecule has 3 N–H and O–H groups in total. The third-order valence-corrected chi connectivity index (χ3v) is 6.13. The summed E-state index contributed by atoms with van der Waals surface area (Å²) >= 11 is 0. The number of ether oxygens (including phenoxy) is 2. The van der Waals surface area contributed by atoms with Crippen LogP contribution in [-0.4, -0.2) is 103 Å². The Hall–Kier alpha value is -2.47. The van der Waals surface area contributed by atoms with Crippen LogP contribution >= 0.6 is 0 Å². The van der Waals surface area contributed by atoms with Crippen molar-refractivity contribution in [3.05, 3.63) is 23.7 Å². The molecular formula is C21H32N2O9. The number of likely N-dealkylation sites (tertiary alicyclic amines) is 1. The molecule has 4 rings (SSSR count). The fourth-order valence-electron chi connectivity index (χ4n) is 4.83. The van der Waals surface area contributed by atoms with Crippen molar-refractivity contribution in [2.24, 2.45) is 11.8 Å². The van der Waals surface area contributed by atoms with Gasteiger partial charge in [0, 0.05) is 32.2 Å². The SMILES string of the molecule is COC(=O)c1ccc(CN2C[C@H]3C[C@@H](N4CCOCC4)[C@H](O)C[C@H]3C2)o1.O=CO.O=CO. The first-order valence-electron chi connectivity index (χ1n) is 10.5. The Bertz CT molecular complexity index is 714. The molecule has 180 valence electrons. The molecule has 11 nitrogen and oxygen atoms in total. The molecule has 11 heteroatoms. The van der Waals surface area contributed by atoms with Crippen LogP contribution < -0.4 is 0 Å². The summed E-state index contributed by atoms with van der Waals surface area (Å²) in [5.41, 5.74) is 0. The Morgan fingerprint density at radius 1 is 1.12 bits per heavy atom. The molecule has 0 amide bonds. The lowest BCUT2D eigenvalue weighted by Crippen LogP contribution is -2.53. The molecule has 0 unspecified atom stereocenters. The van der Waals surface area contributed by atoms with Crippen LogP contribution in [0, 0.1) is 11.8 Å². The summed E-state index contributed by atoms with van der Waals surface area (Å²) in [7, 11) is 1.35. The molecule has 0 radical (unpaired) electrons. The Morgan fingerprint density at radius 3 is 2.31 bits per heavy atom. The van der Waals surface area contributed by atoms with E-state index in [4.69, 9.17) is 33.7 Å². The van der Waals surface area contributed by atoms with E-state index in [0.717, 1.165) is 58.0 Å². The van der Waals surface area contributed by atoms with Crippen LogP contribution in [0.25, 0.3) is 0 Å². The molecule has 1 aromatic rings. The average molecular weight is 456 g/mol. The van der Waals surface area contributed by atoms with Gasteiger partial charge >= 0.3 is 5.97 Å². The van der Waals surface area contributed by atoms with Crippen LogP contribution in [0.5, 0.6) is 0 Å². The van der Waals surface area contributed by atoms with Gasteiger partial charge in [0.1, 0.15) is 5.76 Å². The first-order chi connectivity index (χ1) is 15.5. The Balaban J connectivity index is 0.000000547. The fourth-order valence-corrected chi connectivity index (χ4v) is 4.83. The molecule has 2 aliphatic heterocycles. The van der Waals surface area contributed by atoms with Gasteiger partial charge < -0.3 is 29.2 Å². The lowest BCUT2D eigenvalue weighted by atomic mass is 9.77. The van der Waals surface area contributed by atoms with Gasteiger partial charge in [-0.15, -0.1) is 0 Å². The van der Waals surface area contributed by atoms with Gasteiger partial charge in [0.15, 0.2) is 0 Å². The molecule has 32 heavy (non-hydrogen) atoms. The molecule has 3 fully saturated rings. The zero-order chi connectivity index (χ0) is 23.5. The second-order valence-corrected chi connectivity index (χ2v) is 7.94. The summed E-state index contributed by atoms with van der Waals surface area (Å²) in [5.74, 6) is 1.75. The first-order valence-corrected chi connectivity index (χ1v) is 10.5. The van der Waals surface area contributed by atoms with Crippen molar-refractivity contribution in [3.63, 3.8) is 0 Å². The first kappa shape index (κ1) is 25.8. The summed E-state index contributed by atoms with van der Waals surface area (Å²) < 4.78 is 15.7. The van der Waals surface area contributed by atoms with E-state index < -0.39 is 5.97 Å². The number of hydrogen-bond donors (Lipinski definition) is 3. The minimum absolute atomic E-state index is 0.246. The number of esters is 1. The Labute approximate surface area is 186 Å². The van der Waals surface area contributed by atoms with Crippen LogP contribution in [0.1, 0.15) is 29.2 Å². The molecule has 0 spiro atoms. The third-order valence-electron chi connectivity index (χ3n) is 6.13. The second kappa shape index (κ2) is 13.2. The van der Waals surface area contributed by atoms with Gasteiger partial charge in [-0.25, -0.2) is 4.79 Å². The summed E-state index contributed by atoms with van der Waals surface area (Å²) in [6.07, 6.45) is 1.67. The zero-order valence-corrected chi connectivity index (χ0v) is 18.2. The van der Waals surface area contributed by atoms with E-state index in [9.17, 15) is 9.90 Å². The highest BCUT2D eigenvalue weighted by molar-refractivity contribution is 5.86. The van der Waals surface area contributed by atoms with Crippen LogP contribution in [0.3, 0.4) is 0 Å². The topological polar surface area (TPSA) is 150 Å². The van der Waals surface area contributed by atoms with Gasteiger partial charge in [-0.2, -0.15) is 0 Å². The molecule has 4 atom stereocenters. The predicted octanol–water partition coefficient (Wildman–Crippen LogP) is 0.371. The molecule has 3 heterocycles. The minimum atomic E-state index is -0.442. The lowest BCUT2D eigenvalue weighted by molar-refractivity contribution is -0.123. The van der Waals surface area contributed by atoms with Gasteiger partial charge in [0.2, 0.25) is 5.76 Å². The maximum atomic E-state index is 11.5. The molecule has 2 saturated heterocycles. The molecule has 1 saturated carbocycles.